The van der Waals surface area contributed by atoms with Crippen molar-refractivity contribution in [2.24, 2.45) is 0 Å². The Morgan fingerprint density at radius 1 is 1.00 bits per heavy atom. The number of carbonyl (C=O) groups excluding carboxylic acids is 1. The quantitative estimate of drug-likeness (QED) is 0.796. The number of benzene rings is 2. The Labute approximate surface area is 171 Å². The number of sulfonamides is 1. The molecule has 2 atom stereocenters. The van der Waals surface area contributed by atoms with E-state index >= 15 is 0 Å². The minimum Gasteiger partial charge on any atom is -0.378 e. The number of aliphatic hydroxyl groups is 1. The van der Waals surface area contributed by atoms with Crippen LogP contribution in [-0.4, -0.2) is 49.0 Å². The van der Waals surface area contributed by atoms with Crippen LogP contribution in [0.1, 0.15) is 24.0 Å². The average Bonchev–Trinajstić information content (AvgIpc) is 3.34. The van der Waals surface area contributed by atoms with Crippen LogP contribution in [0.25, 0.3) is 0 Å². The fraction of sp³-hybridized carbons (Fsp3) is 0.350. The van der Waals surface area contributed by atoms with E-state index in [9.17, 15) is 31.5 Å². The number of amides is 1. The molecule has 0 aliphatic carbocycles. The SMILES string of the molecule is O=C([C@@H]1N(S(=O)(=O)C(F)(F)F)c2ccccc2[C@@]1(O)c1ccccc1)N1CCCC1. The third kappa shape index (κ3) is 2.89. The van der Waals surface area contributed by atoms with E-state index in [1.165, 1.54) is 41.3 Å². The third-order valence-electron chi connectivity index (χ3n) is 5.60. The number of fused-ring (bicyclic) bond motifs is 1. The largest absolute Gasteiger partial charge is 0.516 e. The van der Waals surface area contributed by atoms with Crippen molar-refractivity contribution in [3.05, 3.63) is 65.7 Å². The van der Waals surface area contributed by atoms with Crippen molar-refractivity contribution < 1.29 is 31.5 Å². The minimum atomic E-state index is -5.97. The molecule has 30 heavy (non-hydrogen) atoms. The maximum absolute atomic E-state index is 13.6. The topological polar surface area (TPSA) is 77.9 Å². The zero-order chi connectivity index (χ0) is 21.7. The Bertz CT molecular complexity index is 1070. The molecule has 4 rings (SSSR count). The molecule has 0 radical (unpaired) electrons. The predicted octanol–water partition coefficient (Wildman–Crippen LogP) is 2.58. The van der Waals surface area contributed by atoms with Gasteiger partial charge < -0.3 is 10.0 Å². The highest BCUT2D eigenvalue weighted by Crippen LogP contribution is 2.51. The summed E-state index contributed by atoms with van der Waals surface area (Å²) in [5.41, 5.74) is -8.23. The van der Waals surface area contributed by atoms with E-state index in [1.807, 2.05) is 0 Å². The Hall–Kier alpha value is -2.59. The van der Waals surface area contributed by atoms with Crippen LogP contribution in [-0.2, 0) is 20.4 Å². The van der Waals surface area contributed by atoms with Crippen LogP contribution in [0.5, 0.6) is 0 Å². The van der Waals surface area contributed by atoms with Crippen molar-refractivity contribution in [1.29, 1.82) is 0 Å². The lowest BCUT2D eigenvalue weighted by Gasteiger charge is -2.36. The Balaban J connectivity index is 2.00. The van der Waals surface area contributed by atoms with Crippen molar-refractivity contribution in [1.82, 2.24) is 4.90 Å². The Morgan fingerprint density at radius 2 is 1.57 bits per heavy atom. The number of halogens is 3. The number of likely N-dealkylation sites (tertiary alicyclic amines) is 1. The molecular formula is C20H19F3N2O4S. The summed E-state index contributed by atoms with van der Waals surface area (Å²) >= 11 is 0. The van der Waals surface area contributed by atoms with Crippen LogP contribution < -0.4 is 4.31 Å². The molecule has 2 aliphatic rings. The van der Waals surface area contributed by atoms with Crippen molar-refractivity contribution in [3.8, 4) is 0 Å². The fourth-order valence-corrected chi connectivity index (χ4v) is 5.38. The zero-order valence-electron chi connectivity index (χ0n) is 15.7. The summed E-state index contributed by atoms with van der Waals surface area (Å²) in [4.78, 5) is 14.7. The maximum atomic E-state index is 13.6. The van der Waals surface area contributed by atoms with Gasteiger partial charge in [0, 0.05) is 18.7 Å². The van der Waals surface area contributed by atoms with E-state index in [0.29, 0.717) is 12.8 Å². The smallest absolute Gasteiger partial charge is 0.378 e. The molecule has 0 saturated carbocycles. The van der Waals surface area contributed by atoms with E-state index in [1.54, 1.807) is 18.2 Å². The molecule has 6 nitrogen and oxygen atoms in total. The molecule has 0 spiro atoms. The van der Waals surface area contributed by atoms with Crippen LogP contribution in [0.2, 0.25) is 0 Å². The normalized spacial score (nSPS) is 24.2. The molecule has 1 N–H and O–H groups in total. The van der Waals surface area contributed by atoms with Gasteiger partial charge in [-0.1, -0.05) is 48.5 Å². The number of hydrogen-bond donors (Lipinski definition) is 1. The van der Waals surface area contributed by atoms with Crippen molar-refractivity contribution in [2.75, 3.05) is 17.4 Å². The average molecular weight is 440 g/mol. The summed E-state index contributed by atoms with van der Waals surface area (Å²) in [5.74, 6) is -0.858. The number of alkyl halides is 3. The predicted molar refractivity (Wildman–Crippen MR) is 103 cm³/mol. The first-order chi connectivity index (χ1) is 14.1. The monoisotopic (exact) mass is 440 g/mol. The molecular weight excluding hydrogens is 421 g/mol. The van der Waals surface area contributed by atoms with E-state index in [-0.39, 0.29) is 34.2 Å². The van der Waals surface area contributed by atoms with Gasteiger partial charge in [-0.05, 0) is 24.5 Å². The highest BCUT2D eigenvalue weighted by Gasteiger charge is 2.64. The molecule has 2 heterocycles. The Morgan fingerprint density at radius 3 is 2.17 bits per heavy atom. The van der Waals surface area contributed by atoms with E-state index in [0.717, 1.165) is 0 Å². The molecule has 160 valence electrons. The number of para-hydroxylation sites is 1. The molecule has 1 fully saturated rings. The van der Waals surface area contributed by atoms with Gasteiger partial charge >= 0.3 is 15.5 Å². The van der Waals surface area contributed by atoms with Crippen LogP contribution in [0.4, 0.5) is 18.9 Å². The van der Waals surface area contributed by atoms with E-state index < -0.39 is 33.1 Å². The zero-order valence-corrected chi connectivity index (χ0v) is 16.5. The molecule has 1 amide bonds. The fourth-order valence-electron chi connectivity index (χ4n) is 4.22. The van der Waals surface area contributed by atoms with Gasteiger partial charge in [-0.15, -0.1) is 0 Å². The van der Waals surface area contributed by atoms with Crippen molar-refractivity contribution in [2.45, 2.75) is 30.0 Å². The third-order valence-corrected chi connectivity index (χ3v) is 7.11. The summed E-state index contributed by atoms with van der Waals surface area (Å²) in [6.07, 6.45) is 1.31. The van der Waals surface area contributed by atoms with E-state index in [4.69, 9.17) is 0 Å². The molecule has 0 bridgehead atoms. The molecule has 10 heteroatoms. The highest BCUT2D eigenvalue weighted by atomic mass is 32.2. The van der Waals surface area contributed by atoms with Crippen molar-refractivity contribution >= 4 is 21.6 Å². The van der Waals surface area contributed by atoms with E-state index in [2.05, 4.69) is 0 Å². The lowest BCUT2D eigenvalue weighted by molar-refractivity contribution is -0.136. The van der Waals surface area contributed by atoms with Gasteiger partial charge in [0.2, 0.25) is 5.91 Å². The number of nitrogens with zero attached hydrogens (tertiary/aromatic N) is 2. The second-order valence-corrected chi connectivity index (χ2v) is 9.14. The summed E-state index contributed by atoms with van der Waals surface area (Å²) in [7, 11) is -5.97. The molecule has 2 aromatic carbocycles. The highest BCUT2D eigenvalue weighted by molar-refractivity contribution is 7.93. The van der Waals surface area contributed by atoms with Crippen molar-refractivity contribution in [3.63, 3.8) is 0 Å². The first-order valence-corrected chi connectivity index (χ1v) is 10.8. The maximum Gasteiger partial charge on any atom is 0.516 e. The van der Waals surface area contributed by atoms with Crippen LogP contribution >= 0.6 is 0 Å². The number of carbonyl (C=O) groups is 1. The Kier molecular flexibility index (Phi) is 4.81. The molecule has 0 aromatic heterocycles. The lowest BCUT2D eigenvalue weighted by Crippen LogP contribution is -2.59. The van der Waals surface area contributed by atoms with Gasteiger partial charge in [0.25, 0.3) is 0 Å². The summed E-state index contributed by atoms with van der Waals surface area (Å²) in [6, 6.07) is 11.1. The minimum absolute atomic E-state index is 0.0516. The van der Waals surface area contributed by atoms with Gasteiger partial charge in [-0.25, -0.2) is 4.31 Å². The number of hydrogen-bond acceptors (Lipinski definition) is 4. The lowest BCUT2D eigenvalue weighted by atomic mass is 9.82. The molecule has 2 aliphatic heterocycles. The van der Waals surface area contributed by atoms with Crippen LogP contribution in [0, 0.1) is 0 Å². The van der Waals surface area contributed by atoms with Gasteiger partial charge in [0.05, 0.1) is 5.69 Å². The first-order valence-electron chi connectivity index (χ1n) is 9.37. The van der Waals surface area contributed by atoms with Gasteiger partial charge in [0.1, 0.15) is 5.60 Å². The van der Waals surface area contributed by atoms with Crippen LogP contribution in [0.15, 0.2) is 54.6 Å². The van der Waals surface area contributed by atoms with Gasteiger partial charge in [-0.2, -0.15) is 21.6 Å². The van der Waals surface area contributed by atoms with Crippen LogP contribution in [0.3, 0.4) is 0 Å². The molecule has 0 unspecified atom stereocenters. The second kappa shape index (κ2) is 6.98. The summed E-state index contributed by atoms with van der Waals surface area (Å²) in [6.45, 7) is 0.576. The molecule has 2 aromatic rings. The number of rotatable bonds is 3. The molecule has 1 saturated heterocycles. The van der Waals surface area contributed by atoms with Gasteiger partial charge in [0.15, 0.2) is 6.04 Å². The standard InChI is InChI=1S/C20H19F3N2O4S/c21-20(22,23)30(28,29)25-16-11-5-4-10-15(16)19(27,14-8-2-1-3-9-14)17(25)18(26)24-12-6-7-13-24/h1-5,8-11,17,27H,6-7,12-13H2/t17-,19-/m0/s1. The van der Waals surface area contributed by atoms with Gasteiger partial charge in [-0.3, -0.25) is 4.79 Å². The summed E-state index contributed by atoms with van der Waals surface area (Å²) in [5, 5.41) is 11.8. The first kappa shape index (κ1) is 20.7. The number of anilines is 1. The second-order valence-electron chi connectivity index (χ2n) is 7.33. The summed E-state index contributed by atoms with van der Waals surface area (Å²) < 4.78 is 66.1.